The van der Waals surface area contributed by atoms with Crippen molar-refractivity contribution in [2.75, 3.05) is 12.9 Å². The molecule has 0 aliphatic heterocycles. The van der Waals surface area contributed by atoms with Crippen molar-refractivity contribution in [1.82, 2.24) is 19.7 Å². The van der Waals surface area contributed by atoms with Gasteiger partial charge in [-0.05, 0) is 59.5 Å². The number of benzene rings is 1. The first-order chi connectivity index (χ1) is 13.2. The Morgan fingerprint density at radius 3 is 2.81 bits per heavy atom. The number of thioether (sulfide) groups is 1. The molecule has 0 spiro atoms. The van der Waals surface area contributed by atoms with Gasteiger partial charge >= 0.3 is 0 Å². The Labute approximate surface area is 166 Å². The van der Waals surface area contributed by atoms with Crippen LogP contribution in [0.4, 0.5) is 0 Å². The van der Waals surface area contributed by atoms with Gasteiger partial charge in [-0.3, -0.25) is 9.36 Å². The van der Waals surface area contributed by atoms with Crippen LogP contribution in [0.2, 0.25) is 0 Å². The lowest BCUT2D eigenvalue weighted by Gasteiger charge is -2.21. The Kier molecular flexibility index (Phi) is 5.45. The molecule has 0 saturated heterocycles. The van der Waals surface area contributed by atoms with Crippen molar-refractivity contribution in [3.05, 3.63) is 53.0 Å². The number of ether oxygens (including phenoxy) is 1. The zero-order valence-electron chi connectivity index (χ0n) is 14.9. The number of aromatic nitrogens is 3. The van der Waals surface area contributed by atoms with Gasteiger partial charge in [0.2, 0.25) is 5.91 Å². The van der Waals surface area contributed by atoms with Crippen molar-refractivity contribution in [3.63, 3.8) is 0 Å². The summed E-state index contributed by atoms with van der Waals surface area (Å²) in [4.78, 5) is 14.8. The molecule has 1 saturated carbocycles. The van der Waals surface area contributed by atoms with Crippen LogP contribution in [-0.2, 0) is 11.3 Å². The minimum absolute atomic E-state index is 0.151. The van der Waals surface area contributed by atoms with Gasteiger partial charge in [0.05, 0.1) is 12.9 Å². The average molecular weight is 401 g/mol. The van der Waals surface area contributed by atoms with Crippen molar-refractivity contribution < 1.29 is 9.53 Å². The molecule has 2 aromatic heterocycles. The van der Waals surface area contributed by atoms with Crippen molar-refractivity contribution in [1.29, 1.82) is 0 Å². The van der Waals surface area contributed by atoms with Crippen molar-refractivity contribution in [2.45, 2.75) is 30.6 Å². The summed E-state index contributed by atoms with van der Waals surface area (Å²) in [5, 5.41) is 13.1. The van der Waals surface area contributed by atoms with Crippen LogP contribution in [0.25, 0.3) is 5.69 Å². The summed E-state index contributed by atoms with van der Waals surface area (Å²) < 4.78 is 7.08. The van der Waals surface area contributed by atoms with Crippen LogP contribution >= 0.6 is 23.1 Å². The Balaban J connectivity index is 1.42. The van der Waals surface area contributed by atoms with Crippen LogP contribution in [0.1, 0.15) is 18.4 Å². The van der Waals surface area contributed by atoms with Crippen molar-refractivity contribution in [3.8, 4) is 11.4 Å². The molecule has 1 fully saturated rings. The number of nitrogens with zero attached hydrogens (tertiary/aromatic N) is 4. The second-order valence-corrected chi connectivity index (χ2v) is 8.08. The van der Waals surface area contributed by atoms with Crippen molar-refractivity contribution in [2.24, 2.45) is 0 Å². The molecule has 8 heteroatoms. The molecule has 1 amide bonds. The lowest BCUT2D eigenvalue weighted by Crippen LogP contribution is -2.33. The summed E-state index contributed by atoms with van der Waals surface area (Å²) in [5.74, 6) is 1.30. The topological polar surface area (TPSA) is 60.2 Å². The molecule has 1 aromatic carbocycles. The molecule has 1 aliphatic carbocycles. The summed E-state index contributed by atoms with van der Waals surface area (Å²) in [5.41, 5.74) is 2.14. The van der Waals surface area contributed by atoms with Gasteiger partial charge in [-0.25, -0.2) is 0 Å². The highest BCUT2D eigenvalue weighted by molar-refractivity contribution is 7.99. The predicted octanol–water partition coefficient (Wildman–Crippen LogP) is 3.62. The van der Waals surface area contributed by atoms with E-state index in [0.717, 1.165) is 24.3 Å². The summed E-state index contributed by atoms with van der Waals surface area (Å²) in [6.07, 6.45) is 3.86. The first-order valence-electron chi connectivity index (χ1n) is 8.72. The van der Waals surface area contributed by atoms with Crippen molar-refractivity contribution >= 4 is 29.0 Å². The maximum atomic E-state index is 12.8. The molecule has 0 radical (unpaired) electrons. The Bertz CT molecular complexity index is 889. The van der Waals surface area contributed by atoms with E-state index in [1.807, 2.05) is 33.7 Å². The smallest absolute Gasteiger partial charge is 0.233 e. The first kappa shape index (κ1) is 18.1. The van der Waals surface area contributed by atoms with E-state index in [4.69, 9.17) is 4.74 Å². The van der Waals surface area contributed by atoms with Gasteiger partial charge in [0.15, 0.2) is 5.16 Å². The third kappa shape index (κ3) is 4.33. The van der Waals surface area contributed by atoms with Gasteiger partial charge < -0.3 is 9.64 Å². The molecule has 0 bridgehead atoms. The molecule has 4 rings (SSSR count). The summed E-state index contributed by atoms with van der Waals surface area (Å²) >= 11 is 3.09. The second kappa shape index (κ2) is 8.14. The number of carbonyl (C=O) groups is 1. The van der Waals surface area contributed by atoms with Gasteiger partial charge in [0.25, 0.3) is 0 Å². The van der Waals surface area contributed by atoms with E-state index in [0.29, 0.717) is 23.5 Å². The molecule has 27 heavy (non-hydrogen) atoms. The highest BCUT2D eigenvalue weighted by atomic mass is 32.2. The quantitative estimate of drug-likeness (QED) is 0.541. The van der Waals surface area contributed by atoms with E-state index in [1.54, 1.807) is 24.8 Å². The van der Waals surface area contributed by atoms with Crippen LogP contribution in [-0.4, -0.2) is 44.5 Å². The van der Waals surface area contributed by atoms with E-state index in [-0.39, 0.29) is 5.91 Å². The second-order valence-electron chi connectivity index (χ2n) is 6.35. The molecule has 3 aromatic rings. The van der Waals surface area contributed by atoms with E-state index >= 15 is 0 Å². The summed E-state index contributed by atoms with van der Waals surface area (Å²) in [6.45, 7) is 0.693. The molecule has 2 heterocycles. The molecular formula is C19H20N4O2S2. The zero-order chi connectivity index (χ0) is 18.6. The molecule has 0 N–H and O–H groups in total. The predicted molar refractivity (Wildman–Crippen MR) is 107 cm³/mol. The minimum Gasteiger partial charge on any atom is -0.497 e. The molecule has 1 aliphatic rings. The Morgan fingerprint density at radius 2 is 2.15 bits per heavy atom. The van der Waals surface area contributed by atoms with E-state index in [9.17, 15) is 4.79 Å². The van der Waals surface area contributed by atoms with Crippen LogP contribution in [0.3, 0.4) is 0 Å². The standard InChI is InChI=1S/C19H20N4O2S2/c1-25-17-6-4-16(5-7-17)23-13-20-21-19(23)27-12-18(24)22(15-2-3-15)10-14-8-9-26-11-14/h4-9,11,13,15H,2-3,10,12H2,1H3. The largest absolute Gasteiger partial charge is 0.497 e. The van der Waals surface area contributed by atoms with Gasteiger partial charge in [0, 0.05) is 18.3 Å². The lowest BCUT2D eigenvalue weighted by molar-refractivity contribution is -0.129. The lowest BCUT2D eigenvalue weighted by atomic mass is 10.3. The van der Waals surface area contributed by atoms with E-state index < -0.39 is 0 Å². The van der Waals surface area contributed by atoms with Gasteiger partial charge in [-0.1, -0.05) is 11.8 Å². The molecule has 0 atom stereocenters. The van der Waals surface area contributed by atoms with Crippen LogP contribution in [0.15, 0.2) is 52.6 Å². The summed E-state index contributed by atoms with van der Waals surface area (Å²) in [7, 11) is 1.64. The SMILES string of the molecule is COc1ccc(-n2cnnc2SCC(=O)N(Cc2ccsc2)C2CC2)cc1. The average Bonchev–Trinajstić information content (AvgIpc) is 3.20. The summed E-state index contributed by atoms with van der Waals surface area (Å²) in [6, 6.07) is 10.1. The first-order valence-corrected chi connectivity index (χ1v) is 10.7. The third-order valence-corrected chi connectivity index (χ3v) is 6.09. The van der Waals surface area contributed by atoms with Gasteiger partial charge in [-0.2, -0.15) is 11.3 Å². The molecule has 140 valence electrons. The number of methoxy groups -OCH3 is 1. The molecule has 6 nitrogen and oxygen atoms in total. The maximum Gasteiger partial charge on any atom is 0.233 e. The van der Waals surface area contributed by atoms with E-state index in [2.05, 4.69) is 27.0 Å². The minimum atomic E-state index is 0.151. The van der Waals surface area contributed by atoms with E-state index in [1.165, 1.54) is 17.3 Å². The number of amides is 1. The molecule has 0 unspecified atom stereocenters. The number of hydrogen-bond acceptors (Lipinski definition) is 6. The Hall–Kier alpha value is -2.32. The number of carbonyl (C=O) groups excluding carboxylic acids is 1. The number of thiophene rings is 1. The van der Waals surface area contributed by atoms with Gasteiger partial charge in [-0.15, -0.1) is 10.2 Å². The van der Waals surface area contributed by atoms with Gasteiger partial charge in [0.1, 0.15) is 12.1 Å². The normalized spacial score (nSPS) is 13.5. The fraction of sp³-hybridized carbons (Fsp3) is 0.316. The highest BCUT2D eigenvalue weighted by Gasteiger charge is 2.32. The third-order valence-electron chi connectivity index (χ3n) is 4.43. The fourth-order valence-corrected chi connectivity index (χ4v) is 4.31. The fourth-order valence-electron chi connectivity index (χ4n) is 2.84. The van der Waals surface area contributed by atoms with Crippen LogP contribution < -0.4 is 4.74 Å². The Morgan fingerprint density at radius 1 is 1.33 bits per heavy atom. The highest BCUT2D eigenvalue weighted by Crippen LogP contribution is 2.30. The monoisotopic (exact) mass is 400 g/mol. The molecular weight excluding hydrogens is 380 g/mol. The van der Waals surface area contributed by atoms with Crippen LogP contribution in [0.5, 0.6) is 5.75 Å². The number of hydrogen-bond donors (Lipinski definition) is 0. The van der Waals surface area contributed by atoms with Crippen LogP contribution in [0, 0.1) is 0 Å². The zero-order valence-corrected chi connectivity index (χ0v) is 16.6. The number of rotatable bonds is 8. The maximum absolute atomic E-state index is 12.8.